The van der Waals surface area contributed by atoms with Gasteiger partial charge in [-0.1, -0.05) is 19.1 Å². The molecule has 0 saturated carbocycles. The molecule has 0 bridgehead atoms. The van der Waals surface area contributed by atoms with Gasteiger partial charge in [0.15, 0.2) is 0 Å². The van der Waals surface area contributed by atoms with E-state index < -0.39 is 0 Å². The Morgan fingerprint density at radius 2 is 1.80 bits per heavy atom. The molecule has 1 aliphatic heterocycles. The molecule has 112 valence electrons. The number of benzene rings is 1. The fourth-order valence-corrected chi connectivity index (χ4v) is 2.36. The fourth-order valence-electron chi connectivity index (χ4n) is 2.36. The van der Waals surface area contributed by atoms with Crippen LogP contribution in [0.15, 0.2) is 24.3 Å². The monoisotopic (exact) mass is 277 g/mol. The average Bonchev–Trinajstić information content (AvgIpc) is 2.48. The molecule has 0 spiro atoms. The lowest BCUT2D eigenvalue weighted by atomic mass is 10.1. The minimum Gasteiger partial charge on any atom is -0.494 e. The van der Waals surface area contributed by atoms with Crippen LogP contribution in [0.3, 0.4) is 0 Å². The molecule has 0 radical (unpaired) electrons. The number of nitrogens with zero attached hydrogens (tertiary/aromatic N) is 2. The minimum atomic E-state index is 0.332. The maximum atomic E-state index is 5.62. The number of hydrogen-bond donors (Lipinski definition) is 1. The van der Waals surface area contributed by atoms with Crippen molar-refractivity contribution in [3.05, 3.63) is 29.8 Å². The zero-order valence-corrected chi connectivity index (χ0v) is 12.9. The van der Waals surface area contributed by atoms with Gasteiger partial charge in [0.2, 0.25) is 0 Å². The largest absolute Gasteiger partial charge is 0.494 e. The summed E-state index contributed by atoms with van der Waals surface area (Å²) in [6, 6.07) is 8.76. The molecule has 0 aliphatic carbocycles. The van der Waals surface area contributed by atoms with Gasteiger partial charge < -0.3 is 9.64 Å². The molecule has 1 aromatic carbocycles. The number of hydrogen-bond acceptors (Lipinski definition) is 4. The van der Waals surface area contributed by atoms with Gasteiger partial charge in [-0.25, -0.2) is 10.4 Å². The van der Waals surface area contributed by atoms with Gasteiger partial charge in [0.25, 0.3) is 0 Å². The molecule has 1 saturated heterocycles. The van der Waals surface area contributed by atoms with Gasteiger partial charge in [-0.2, -0.15) is 0 Å². The first kappa shape index (κ1) is 15.3. The van der Waals surface area contributed by atoms with E-state index in [1.807, 2.05) is 0 Å². The summed E-state index contributed by atoms with van der Waals surface area (Å²) in [6.45, 7) is 9.54. The molecule has 2 rings (SSSR count). The summed E-state index contributed by atoms with van der Waals surface area (Å²) in [4.78, 5) is 2.36. The van der Waals surface area contributed by atoms with Crippen LogP contribution in [0.2, 0.25) is 0 Å². The minimum absolute atomic E-state index is 0.332. The topological polar surface area (TPSA) is 27.7 Å². The van der Waals surface area contributed by atoms with Crippen LogP contribution in [-0.4, -0.2) is 49.7 Å². The first-order chi connectivity index (χ1) is 9.69. The number of ether oxygens (including phenoxy) is 1. The molecule has 1 aromatic rings. The van der Waals surface area contributed by atoms with Crippen LogP contribution >= 0.6 is 0 Å². The quantitative estimate of drug-likeness (QED) is 0.863. The Bertz CT molecular complexity index is 385. The van der Waals surface area contributed by atoms with Gasteiger partial charge in [-0.15, -0.1) is 0 Å². The first-order valence-electron chi connectivity index (χ1n) is 7.61. The maximum Gasteiger partial charge on any atom is 0.119 e. The van der Waals surface area contributed by atoms with Gasteiger partial charge in [0.1, 0.15) is 5.75 Å². The Labute approximate surface area is 122 Å². The Morgan fingerprint density at radius 1 is 1.15 bits per heavy atom. The van der Waals surface area contributed by atoms with Gasteiger partial charge in [-0.3, -0.25) is 0 Å². The molecule has 1 heterocycles. The predicted molar refractivity (Wildman–Crippen MR) is 82.8 cm³/mol. The second-order valence-electron chi connectivity index (χ2n) is 5.56. The Morgan fingerprint density at radius 3 is 2.40 bits per heavy atom. The smallest absolute Gasteiger partial charge is 0.119 e. The number of likely N-dealkylation sites (N-methyl/N-ethyl adjacent to an activating group) is 1. The van der Waals surface area contributed by atoms with Crippen LogP contribution in [0.25, 0.3) is 0 Å². The lowest BCUT2D eigenvalue weighted by Crippen LogP contribution is -2.51. The van der Waals surface area contributed by atoms with Crippen LogP contribution in [-0.2, 0) is 0 Å². The van der Waals surface area contributed by atoms with E-state index in [2.05, 4.69) is 60.5 Å². The molecular weight excluding hydrogens is 250 g/mol. The highest BCUT2D eigenvalue weighted by atomic mass is 16.5. The van der Waals surface area contributed by atoms with Gasteiger partial charge in [0, 0.05) is 32.2 Å². The van der Waals surface area contributed by atoms with Crippen molar-refractivity contribution in [2.75, 3.05) is 39.8 Å². The van der Waals surface area contributed by atoms with E-state index in [1.54, 1.807) is 0 Å². The molecule has 1 fully saturated rings. The third kappa shape index (κ3) is 4.47. The van der Waals surface area contributed by atoms with Gasteiger partial charge in [0.05, 0.1) is 6.61 Å². The number of hydrazine groups is 1. The molecule has 1 unspecified atom stereocenters. The predicted octanol–water partition coefficient (Wildman–Crippen LogP) is 2.29. The molecule has 0 amide bonds. The molecule has 1 N–H and O–H groups in total. The van der Waals surface area contributed by atoms with Gasteiger partial charge in [-0.05, 0) is 38.1 Å². The van der Waals surface area contributed by atoms with Crippen molar-refractivity contribution in [1.29, 1.82) is 0 Å². The Balaban J connectivity index is 1.84. The van der Waals surface area contributed by atoms with Crippen LogP contribution in [0, 0.1) is 0 Å². The zero-order chi connectivity index (χ0) is 14.4. The number of nitrogens with one attached hydrogen (secondary N) is 1. The summed E-state index contributed by atoms with van der Waals surface area (Å²) in [7, 11) is 2.18. The van der Waals surface area contributed by atoms with Crippen molar-refractivity contribution >= 4 is 0 Å². The van der Waals surface area contributed by atoms with Crippen LogP contribution in [0.5, 0.6) is 5.75 Å². The SMILES string of the molecule is CCCOc1ccc(C(C)NN2CCN(C)CC2)cc1. The van der Waals surface area contributed by atoms with E-state index in [1.165, 1.54) is 5.56 Å². The summed E-state index contributed by atoms with van der Waals surface area (Å²) < 4.78 is 5.62. The zero-order valence-electron chi connectivity index (χ0n) is 12.9. The lowest BCUT2D eigenvalue weighted by molar-refractivity contribution is 0.0899. The second-order valence-corrected chi connectivity index (χ2v) is 5.56. The normalized spacial score (nSPS) is 18.9. The van der Waals surface area contributed by atoms with Crippen LogP contribution < -0.4 is 10.2 Å². The molecule has 4 heteroatoms. The summed E-state index contributed by atoms with van der Waals surface area (Å²) in [5.74, 6) is 0.961. The van der Waals surface area contributed by atoms with Crippen molar-refractivity contribution in [2.24, 2.45) is 0 Å². The first-order valence-corrected chi connectivity index (χ1v) is 7.61. The maximum absolute atomic E-state index is 5.62. The standard InChI is InChI=1S/C16H27N3O/c1-4-13-20-16-7-5-15(6-8-16)14(2)17-19-11-9-18(3)10-12-19/h5-8,14,17H,4,9-13H2,1-3H3. The molecule has 1 aliphatic rings. The van der Waals surface area contributed by atoms with E-state index >= 15 is 0 Å². The Hall–Kier alpha value is -1.10. The van der Waals surface area contributed by atoms with E-state index in [0.29, 0.717) is 6.04 Å². The lowest BCUT2D eigenvalue weighted by Gasteiger charge is -2.34. The average molecular weight is 277 g/mol. The third-order valence-electron chi connectivity index (χ3n) is 3.73. The number of rotatable bonds is 6. The highest BCUT2D eigenvalue weighted by molar-refractivity contribution is 5.28. The Kier molecular flexibility index (Phi) is 5.83. The summed E-state index contributed by atoms with van der Waals surface area (Å²) >= 11 is 0. The van der Waals surface area contributed by atoms with E-state index in [4.69, 9.17) is 4.74 Å². The summed E-state index contributed by atoms with van der Waals surface area (Å²) in [5, 5.41) is 2.33. The van der Waals surface area contributed by atoms with Crippen LogP contribution in [0.4, 0.5) is 0 Å². The van der Waals surface area contributed by atoms with E-state index in [0.717, 1.165) is 45.0 Å². The van der Waals surface area contributed by atoms with Gasteiger partial charge >= 0.3 is 0 Å². The molecule has 20 heavy (non-hydrogen) atoms. The second kappa shape index (κ2) is 7.62. The summed E-state index contributed by atoms with van der Waals surface area (Å²) in [5.41, 5.74) is 4.88. The highest BCUT2D eigenvalue weighted by Crippen LogP contribution is 2.18. The highest BCUT2D eigenvalue weighted by Gasteiger charge is 2.16. The third-order valence-corrected chi connectivity index (χ3v) is 3.73. The van der Waals surface area contributed by atoms with E-state index in [-0.39, 0.29) is 0 Å². The van der Waals surface area contributed by atoms with Crippen molar-refractivity contribution in [1.82, 2.24) is 15.3 Å². The molecular formula is C16H27N3O. The molecule has 4 nitrogen and oxygen atoms in total. The van der Waals surface area contributed by atoms with E-state index in [9.17, 15) is 0 Å². The molecule has 0 aromatic heterocycles. The van der Waals surface area contributed by atoms with Crippen molar-refractivity contribution in [3.63, 3.8) is 0 Å². The summed E-state index contributed by atoms with van der Waals surface area (Å²) in [6.07, 6.45) is 1.04. The molecule has 1 atom stereocenters. The fraction of sp³-hybridized carbons (Fsp3) is 0.625. The van der Waals surface area contributed by atoms with Crippen molar-refractivity contribution in [2.45, 2.75) is 26.3 Å². The van der Waals surface area contributed by atoms with Crippen molar-refractivity contribution < 1.29 is 4.74 Å². The number of piperazine rings is 1. The van der Waals surface area contributed by atoms with Crippen molar-refractivity contribution in [3.8, 4) is 5.75 Å². The van der Waals surface area contributed by atoms with Crippen LogP contribution in [0.1, 0.15) is 31.9 Å².